The molecule has 108 valence electrons. The average molecular weight is 366 g/mol. The second-order valence-corrected chi connectivity index (χ2v) is 6.38. The summed E-state index contributed by atoms with van der Waals surface area (Å²) in [5.41, 5.74) is 9.67. The van der Waals surface area contributed by atoms with E-state index >= 15 is 0 Å². The van der Waals surface area contributed by atoms with Gasteiger partial charge in [0.2, 0.25) is 0 Å². The number of fused-ring (bicyclic) bond motifs is 1. The van der Waals surface area contributed by atoms with Crippen LogP contribution in [0, 0.1) is 0 Å². The van der Waals surface area contributed by atoms with Crippen molar-refractivity contribution in [3.8, 4) is 0 Å². The fraction of sp³-hybridized carbons (Fsp3) is 0.188. The number of hydrogen-bond acceptors (Lipinski definition) is 2. The van der Waals surface area contributed by atoms with Crippen LogP contribution >= 0.6 is 27.5 Å². The number of halogens is 2. The van der Waals surface area contributed by atoms with Crippen LogP contribution in [0.5, 0.6) is 0 Å². The maximum Gasteiger partial charge on any atom is 0.255 e. The predicted molar refractivity (Wildman–Crippen MR) is 88.5 cm³/mol. The van der Waals surface area contributed by atoms with Gasteiger partial charge in [-0.05, 0) is 57.7 Å². The Morgan fingerprint density at radius 3 is 2.90 bits per heavy atom. The van der Waals surface area contributed by atoms with Crippen LogP contribution in [0.2, 0.25) is 5.02 Å². The molecule has 1 aliphatic rings. The van der Waals surface area contributed by atoms with E-state index in [0.29, 0.717) is 23.7 Å². The second kappa shape index (κ2) is 5.70. The molecule has 0 unspecified atom stereocenters. The fourth-order valence-corrected chi connectivity index (χ4v) is 3.23. The van der Waals surface area contributed by atoms with Crippen molar-refractivity contribution in [2.75, 3.05) is 12.3 Å². The van der Waals surface area contributed by atoms with E-state index in [1.165, 1.54) is 0 Å². The Labute approximate surface area is 136 Å². The van der Waals surface area contributed by atoms with Crippen LogP contribution in [0.1, 0.15) is 21.5 Å². The number of nitrogens with two attached hydrogens (primary N) is 1. The van der Waals surface area contributed by atoms with Gasteiger partial charge in [-0.3, -0.25) is 4.79 Å². The van der Waals surface area contributed by atoms with Crippen molar-refractivity contribution in [2.45, 2.75) is 13.0 Å². The summed E-state index contributed by atoms with van der Waals surface area (Å²) in [5, 5.41) is 0.559. The van der Waals surface area contributed by atoms with Crippen LogP contribution in [-0.2, 0) is 13.0 Å². The van der Waals surface area contributed by atoms with Gasteiger partial charge in [-0.2, -0.15) is 0 Å². The minimum absolute atomic E-state index is 0.0163. The summed E-state index contributed by atoms with van der Waals surface area (Å²) < 4.78 is 0.760. The zero-order valence-corrected chi connectivity index (χ0v) is 13.6. The van der Waals surface area contributed by atoms with Gasteiger partial charge in [0.15, 0.2) is 0 Å². The quantitative estimate of drug-likeness (QED) is 0.780. The molecule has 21 heavy (non-hydrogen) atoms. The topological polar surface area (TPSA) is 46.3 Å². The predicted octanol–water partition coefficient (Wildman–Crippen LogP) is 3.88. The van der Waals surface area contributed by atoms with Crippen LogP contribution in [0.3, 0.4) is 0 Å². The number of amides is 1. The van der Waals surface area contributed by atoms with Crippen molar-refractivity contribution in [2.24, 2.45) is 0 Å². The number of benzene rings is 2. The van der Waals surface area contributed by atoms with Crippen molar-refractivity contribution >= 4 is 39.1 Å². The van der Waals surface area contributed by atoms with Gasteiger partial charge in [-0.15, -0.1) is 0 Å². The van der Waals surface area contributed by atoms with Crippen molar-refractivity contribution in [3.63, 3.8) is 0 Å². The van der Waals surface area contributed by atoms with Gasteiger partial charge >= 0.3 is 0 Å². The molecule has 3 nitrogen and oxygen atoms in total. The fourth-order valence-electron chi connectivity index (χ4n) is 2.64. The Morgan fingerprint density at radius 2 is 2.10 bits per heavy atom. The van der Waals surface area contributed by atoms with Gasteiger partial charge in [0.1, 0.15) is 0 Å². The number of nitrogens with zero attached hydrogens (tertiary/aromatic N) is 1. The van der Waals surface area contributed by atoms with Crippen LogP contribution in [0.15, 0.2) is 40.9 Å². The van der Waals surface area contributed by atoms with Gasteiger partial charge in [-0.1, -0.05) is 23.7 Å². The standard InChI is InChI=1S/C16H14BrClN2O/c17-14-5-4-11(18)8-13(14)16(21)20-7-6-12-10(9-20)2-1-3-15(12)19/h1-5,8H,6-7,9,19H2. The molecule has 0 spiro atoms. The molecule has 0 radical (unpaired) electrons. The molecule has 1 aliphatic heterocycles. The molecule has 0 saturated carbocycles. The molecule has 0 aliphatic carbocycles. The Hall–Kier alpha value is -1.52. The molecule has 0 aromatic heterocycles. The number of anilines is 1. The van der Waals surface area contributed by atoms with Gasteiger partial charge in [-0.25, -0.2) is 0 Å². The zero-order valence-electron chi connectivity index (χ0n) is 11.3. The Bertz CT molecular complexity index is 717. The molecule has 2 aromatic carbocycles. The molecular weight excluding hydrogens is 352 g/mol. The van der Waals surface area contributed by atoms with E-state index in [-0.39, 0.29) is 5.91 Å². The molecule has 2 N–H and O–H groups in total. The third-order valence-corrected chi connectivity index (χ3v) is 4.67. The normalized spacial score (nSPS) is 13.9. The number of carbonyl (C=O) groups excluding carboxylic acids is 1. The first-order chi connectivity index (χ1) is 10.1. The summed E-state index contributed by atoms with van der Waals surface area (Å²) in [7, 11) is 0. The highest BCUT2D eigenvalue weighted by molar-refractivity contribution is 9.10. The number of hydrogen-bond donors (Lipinski definition) is 1. The SMILES string of the molecule is Nc1cccc2c1CCN(C(=O)c1cc(Cl)ccc1Br)C2. The largest absolute Gasteiger partial charge is 0.398 e. The minimum Gasteiger partial charge on any atom is -0.398 e. The summed E-state index contributed by atoms with van der Waals surface area (Å²) in [6.45, 7) is 1.25. The van der Waals surface area contributed by atoms with Crippen molar-refractivity contribution in [1.82, 2.24) is 4.90 Å². The first-order valence-electron chi connectivity index (χ1n) is 6.67. The van der Waals surface area contributed by atoms with E-state index in [2.05, 4.69) is 15.9 Å². The number of nitrogen functional groups attached to an aromatic ring is 1. The van der Waals surface area contributed by atoms with Crippen LogP contribution < -0.4 is 5.73 Å². The van der Waals surface area contributed by atoms with Gasteiger partial charge in [0.05, 0.1) is 5.56 Å². The molecule has 0 atom stereocenters. The first-order valence-corrected chi connectivity index (χ1v) is 7.84. The molecule has 0 saturated heterocycles. The lowest BCUT2D eigenvalue weighted by Crippen LogP contribution is -2.36. The molecule has 0 bridgehead atoms. The summed E-state index contributed by atoms with van der Waals surface area (Å²) in [6.07, 6.45) is 0.784. The highest BCUT2D eigenvalue weighted by Gasteiger charge is 2.24. The van der Waals surface area contributed by atoms with Crippen molar-refractivity contribution in [3.05, 3.63) is 62.6 Å². The number of carbonyl (C=O) groups is 1. The first kappa shape index (κ1) is 14.4. The summed E-state index contributed by atoms with van der Waals surface area (Å²) in [5.74, 6) is -0.0163. The van der Waals surface area contributed by atoms with Gasteiger partial charge in [0, 0.05) is 28.3 Å². The Morgan fingerprint density at radius 1 is 1.29 bits per heavy atom. The van der Waals surface area contributed by atoms with E-state index < -0.39 is 0 Å². The van der Waals surface area contributed by atoms with Crippen molar-refractivity contribution in [1.29, 1.82) is 0 Å². The molecule has 3 rings (SSSR count). The summed E-state index contributed by atoms with van der Waals surface area (Å²) in [6, 6.07) is 11.1. The van der Waals surface area contributed by atoms with Crippen LogP contribution in [0.25, 0.3) is 0 Å². The highest BCUT2D eigenvalue weighted by atomic mass is 79.9. The monoisotopic (exact) mass is 364 g/mol. The van der Waals surface area contributed by atoms with Gasteiger partial charge in [0.25, 0.3) is 5.91 Å². The van der Waals surface area contributed by atoms with E-state index in [1.807, 2.05) is 23.1 Å². The molecule has 0 fully saturated rings. The number of rotatable bonds is 1. The molecular formula is C16H14BrClN2O. The second-order valence-electron chi connectivity index (χ2n) is 5.09. The minimum atomic E-state index is -0.0163. The van der Waals surface area contributed by atoms with Crippen LogP contribution in [0.4, 0.5) is 5.69 Å². The average Bonchev–Trinajstić information content (AvgIpc) is 2.49. The van der Waals surface area contributed by atoms with Crippen LogP contribution in [-0.4, -0.2) is 17.4 Å². The van der Waals surface area contributed by atoms with E-state index in [4.69, 9.17) is 17.3 Å². The van der Waals surface area contributed by atoms with Gasteiger partial charge < -0.3 is 10.6 Å². The highest BCUT2D eigenvalue weighted by Crippen LogP contribution is 2.27. The molecule has 1 heterocycles. The maximum atomic E-state index is 12.7. The van der Waals surface area contributed by atoms with Crippen molar-refractivity contribution < 1.29 is 4.79 Å². The molecule has 1 amide bonds. The zero-order chi connectivity index (χ0) is 15.0. The maximum absolute atomic E-state index is 12.7. The Balaban J connectivity index is 1.89. The third-order valence-electron chi connectivity index (χ3n) is 3.75. The lowest BCUT2D eigenvalue weighted by Gasteiger charge is -2.30. The molecule has 2 aromatic rings. The lowest BCUT2D eigenvalue weighted by atomic mass is 9.97. The Kier molecular flexibility index (Phi) is 3.91. The summed E-state index contributed by atoms with van der Waals surface area (Å²) in [4.78, 5) is 14.5. The van der Waals surface area contributed by atoms with E-state index in [0.717, 1.165) is 27.7 Å². The third kappa shape index (κ3) is 2.78. The smallest absolute Gasteiger partial charge is 0.255 e. The van der Waals surface area contributed by atoms with E-state index in [9.17, 15) is 4.79 Å². The lowest BCUT2D eigenvalue weighted by molar-refractivity contribution is 0.0734. The summed E-state index contributed by atoms with van der Waals surface area (Å²) >= 11 is 9.41. The van der Waals surface area contributed by atoms with E-state index in [1.54, 1.807) is 18.2 Å². The molecule has 5 heteroatoms.